The van der Waals surface area contributed by atoms with Gasteiger partial charge in [0.2, 0.25) is 10.9 Å². The number of fused-ring (bicyclic) bond motifs is 1. The summed E-state index contributed by atoms with van der Waals surface area (Å²) in [5, 5.41) is 41.2. The topological polar surface area (TPSA) is 165 Å². The number of carboxylic acids is 1. The first-order valence-electron chi connectivity index (χ1n) is 12.1. The number of carbonyl (C=O) groups is 1. The number of terminal acetylenes is 1. The molecule has 5 rings (SSSR count). The predicted molar refractivity (Wildman–Crippen MR) is 148 cm³/mol. The fraction of sp³-hybridized carbons (Fsp3) is 0.400. The third-order valence-corrected chi connectivity index (χ3v) is 8.03. The van der Waals surface area contributed by atoms with Crippen LogP contribution in [0.4, 0.5) is 5.82 Å². The maximum Gasteiger partial charge on any atom is 0.342 e. The molecule has 1 unspecified atom stereocenters. The molecule has 5 heterocycles. The first-order valence-corrected chi connectivity index (χ1v) is 14.3. The Bertz CT molecular complexity index is 1540. The molecule has 1 saturated heterocycles. The smallest absolute Gasteiger partial charge is 0.342 e. The molecule has 1 aliphatic rings. The van der Waals surface area contributed by atoms with Crippen molar-refractivity contribution in [3.8, 4) is 12.3 Å². The van der Waals surface area contributed by atoms with Crippen LogP contribution in [-0.2, 0) is 26.3 Å². The summed E-state index contributed by atoms with van der Waals surface area (Å²) < 4.78 is 13.5. The Labute approximate surface area is 241 Å². The van der Waals surface area contributed by atoms with Gasteiger partial charge in [0, 0.05) is 17.8 Å². The molecule has 0 radical (unpaired) electrons. The van der Waals surface area contributed by atoms with Crippen LogP contribution in [0.25, 0.3) is 11.2 Å². The van der Waals surface area contributed by atoms with E-state index in [2.05, 4.69) is 31.2 Å². The van der Waals surface area contributed by atoms with Crippen LogP contribution in [0, 0.1) is 12.3 Å². The molecule has 1 aliphatic heterocycles. The van der Waals surface area contributed by atoms with E-state index in [0.29, 0.717) is 11.3 Å². The minimum Gasteiger partial charge on any atom is -0.479 e. The van der Waals surface area contributed by atoms with E-state index in [1.54, 1.807) is 11.4 Å². The van der Waals surface area contributed by atoms with Crippen molar-refractivity contribution in [3.05, 3.63) is 50.6 Å². The van der Waals surface area contributed by atoms with Crippen LogP contribution in [0.2, 0.25) is 5.28 Å². The normalized spacial score (nSPS) is 24.3. The fourth-order valence-electron chi connectivity index (χ4n) is 4.54. The molecule has 0 saturated carbocycles. The summed E-state index contributed by atoms with van der Waals surface area (Å²) in [5.74, 6) is 1.32. The van der Waals surface area contributed by atoms with Gasteiger partial charge in [-0.3, -0.25) is 4.57 Å². The molecule has 1 fully saturated rings. The summed E-state index contributed by atoms with van der Waals surface area (Å²) in [6.45, 7) is 3.35. The Kier molecular flexibility index (Phi) is 7.81. The van der Waals surface area contributed by atoms with Gasteiger partial charge in [-0.25, -0.2) is 14.8 Å². The van der Waals surface area contributed by atoms with Gasteiger partial charge in [0.1, 0.15) is 12.2 Å². The number of halogens is 1. The van der Waals surface area contributed by atoms with Crippen molar-refractivity contribution in [1.82, 2.24) is 24.5 Å². The quantitative estimate of drug-likeness (QED) is 0.155. The molecule has 40 heavy (non-hydrogen) atoms. The summed E-state index contributed by atoms with van der Waals surface area (Å²) in [4.78, 5) is 29.7. The van der Waals surface area contributed by atoms with Gasteiger partial charge in [0.25, 0.3) is 0 Å². The molecule has 12 nitrogen and oxygen atoms in total. The number of nitrogens with one attached hydrogen (secondary N) is 1. The zero-order chi connectivity index (χ0) is 28.7. The SMILES string of the molecule is C#C[C@@]1(O)[C@@H](COC(Cc2ccsc2)(C(=O)O)c2cscn2)O[C@@H](n2cnc3c(NC(C)C)nc(Cl)nc32)[C@@H]1O. The van der Waals surface area contributed by atoms with Crippen molar-refractivity contribution in [2.45, 2.75) is 55.9 Å². The Balaban J connectivity index is 1.48. The van der Waals surface area contributed by atoms with Crippen LogP contribution in [0.15, 0.2) is 34.0 Å². The molecule has 4 N–H and O–H groups in total. The highest BCUT2D eigenvalue weighted by molar-refractivity contribution is 7.08. The lowest BCUT2D eigenvalue weighted by Gasteiger charge is -2.31. The molecule has 15 heteroatoms. The molecule has 210 valence electrons. The molecule has 0 bridgehead atoms. The van der Waals surface area contributed by atoms with Crippen LogP contribution < -0.4 is 5.32 Å². The molecular formula is C25H25ClN6O6S2. The first-order chi connectivity index (χ1) is 19.1. The zero-order valence-corrected chi connectivity index (χ0v) is 23.7. The van der Waals surface area contributed by atoms with Crippen LogP contribution in [0.5, 0.6) is 0 Å². The van der Waals surface area contributed by atoms with Crippen LogP contribution in [-0.4, -0.2) is 76.2 Å². The highest BCUT2D eigenvalue weighted by Gasteiger charge is 2.57. The Morgan fingerprint density at radius 3 is 2.80 bits per heavy atom. The molecule has 0 aliphatic carbocycles. The summed E-state index contributed by atoms with van der Waals surface area (Å²) in [6, 6.07) is 1.81. The number of aliphatic hydroxyl groups excluding tert-OH is 1. The van der Waals surface area contributed by atoms with E-state index >= 15 is 0 Å². The van der Waals surface area contributed by atoms with Gasteiger partial charge in [-0.2, -0.15) is 21.3 Å². The van der Waals surface area contributed by atoms with E-state index in [9.17, 15) is 20.1 Å². The third kappa shape index (κ3) is 4.94. The van der Waals surface area contributed by atoms with Gasteiger partial charge in [0.05, 0.1) is 24.1 Å². The highest BCUT2D eigenvalue weighted by atomic mass is 35.5. The predicted octanol–water partition coefficient (Wildman–Crippen LogP) is 2.68. The van der Waals surface area contributed by atoms with E-state index in [0.717, 1.165) is 5.56 Å². The van der Waals surface area contributed by atoms with Gasteiger partial charge >= 0.3 is 5.97 Å². The molecule has 0 aromatic carbocycles. The minimum atomic E-state index is -2.24. The number of aliphatic carboxylic acids is 1. The summed E-state index contributed by atoms with van der Waals surface area (Å²) in [6.07, 6.45) is 2.76. The third-order valence-electron chi connectivity index (χ3n) is 6.55. The number of anilines is 1. The maximum absolute atomic E-state index is 12.7. The van der Waals surface area contributed by atoms with E-state index in [1.807, 2.05) is 24.6 Å². The van der Waals surface area contributed by atoms with Crippen molar-refractivity contribution in [3.63, 3.8) is 0 Å². The summed E-state index contributed by atoms with van der Waals surface area (Å²) >= 11 is 8.80. The van der Waals surface area contributed by atoms with Gasteiger partial charge in [-0.05, 0) is 47.8 Å². The second-order valence-corrected chi connectivity index (χ2v) is 11.4. The monoisotopic (exact) mass is 604 g/mol. The van der Waals surface area contributed by atoms with Gasteiger partial charge in [-0.1, -0.05) is 5.92 Å². The number of nitrogens with zero attached hydrogens (tertiary/aromatic N) is 5. The fourth-order valence-corrected chi connectivity index (χ4v) is 5.99. The Morgan fingerprint density at radius 2 is 2.17 bits per heavy atom. The zero-order valence-electron chi connectivity index (χ0n) is 21.3. The Hall–Kier alpha value is -3.16. The Morgan fingerprint density at radius 1 is 1.38 bits per heavy atom. The molecule has 4 aromatic heterocycles. The van der Waals surface area contributed by atoms with Crippen molar-refractivity contribution < 1.29 is 29.6 Å². The van der Waals surface area contributed by atoms with Gasteiger partial charge in [-0.15, -0.1) is 17.8 Å². The molecule has 5 atom stereocenters. The van der Waals surface area contributed by atoms with Crippen molar-refractivity contribution >= 4 is 57.2 Å². The van der Waals surface area contributed by atoms with Gasteiger partial charge < -0.3 is 30.1 Å². The van der Waals surface area contributed by atoms with Crippen LogP contribution in [0.1, 0.15) is 31.3 Å². The van der Waals surface area contributed by atoms with E-state index < -0.39 is 42.2 Å². The number of imidazole rings is 1. The lowest BCUT2D eigenvalue weighted by atomic mass is 9.91. The first kappa shape index (κ1) is 28.4. The molecule has 0 spiro atoms. The second-order valence-electron chi connectivity index (χ2n) is 9.52. The number of rotatable bonds is 10. The highest BCUT2D eigenvalue weighted by Crippen LogP contribution is 2.41. The number of carboxylic acid groups (broad SMARTS) is 1. The van der Waals surface area contributed by atoms with Crippen molar-refractivity contribution in [1.29, 1.82) is 0 Å². The maximum atomic E-state index is 12.7. The van der Waals surface area contributed by atoms with E-state index in [4.69, 9.17) is 27.5 Å². The molecule has 0 amide bonds. The lowest BCUT2D eigenvalue weighted by molar-refractivity contribution is -0.179. The average molecular weight is 605 g/mol. The molecule has 4 aromatic rings. The largest absolute Gasteiger partial charge is 0.479 e. The lowest BCUT2D eigenvalue weighted by Crippen LogP contribution is -2.50. The van der Waals surface area contributed by atoms with Crippen molar-refractivity contribution in [2.75, 3.05) is 11.9 Å². The number of aliphatic hydroxyl groups is 2. The number of aromatic nitrogens is 5. The number of thiazole rings is 1. The van der Waals surface area contributed by atoms with Crippen LogP contribution in [0.3, 0.4) is 0 Å². The van der Waals surface area contributed by atoms with Crippen LogP contribution >= 0.6 is 34.3 Å². The molecular weight excluding hydrogens is 580 g/mol. The number of hydrogen-bond donors (Lipinski definition) is 4. The standard InChI is InChI=1S/C25H25ClN6O6S2/c1-4-24(36)16(8-37-25(22(34)35,15-10-40-12-28-15)7-14-5-6-39-9-14)38-21(18(24)33)32-11-27-17-19(29-13(2)3)30-23(26)31-20(17)32/h1,5-6,9-13,16,18,21,33,36H,7-8H2,2-3H3,(H,34,35)(H,29,30,31)/t16-,18+,21-,24-,25?/m1/s1. The number of ether oxygens (including phenoxy) is 2. The number of hydrogen-bond acceptors (Lipinski definition) is 12. The van der Waals surface area contributed by atoms with E-state index in [-0.39, 0.29) is 29.1 Å². The second kappa shape index (κ2) is 11.0. The average Bonchev–Trinajstić information content (AvgIpc) is 3.71. The van der Waals surface area contributed by atoms with E-state index in [1.165, 1.54) is 39.1 Å². The summed E-state index contributed by atoms with van der Waals surface area (Å²) in [7, 11) is 0. The number of thiophene rings is 1. The minimum absolute atomic E-state index is 0.0157. The van der Waals surface area contributed by atoms with Gasteiger partial charge in [0.15, 0.2) is 28.8 Å². The van der Waals surface area contributed by atoms with Crippen molar-refractivity contribution in [2.24, 2.45) is 0 Å². The summed E-state index contributed by atoms with van der Waals surface area (Å²) in [5.41, 5.74) is -1.13.